The molecule has 8 heteroatoms. The Labute approximate surface area is 781 Å². The third-order valence-electron chi connectivity index (χ3n) is 27.6. The van der Waals surface area contributed by atoms with E-state index in [1.54, 1.807) is 0 Å². The summed E-state index contributed by atoms with van der Waals surface area (Å²) in [4.78, 5) is 21.0. The van der Waals surface area contributed by atoms with Gasteiger partial charge < -0.3 is 18.0 Å². The van der Waals surface area contributed by atoms with Crippen LogP contribution in [0.2, 0.25) is 0 Å². The number of nitrogens with zero attached hydrogens (tertiary/aromatic N) is 6. The maximum absolute atomic E-state index is 6.43. The van der Waals surface area contributed by atoms with Gasteiger partial charge in [0.15, 0.2) is 11.6 Å². The molecule has 0 aliphatic carbocycles. The Morgan fingerprint density at radius 3 is 0.993 bits per heavy atom. The van der Waals surface area contributed by atoms with Gasteiger partial charge in [-0.1, -0.05) is 346 Å². The van der Waals surface area contributed by atoms with Gasteiger partial charge >= 0.3 is 0 Å². The molecule has 632 valence electrons. The van der Waals surface area contributed by atoms with Crippen molar-refractivity contribution in [3.63, 3.8) is 0 Å². The van der Waals surface area contributed by atoms with Gasteiger partial charge in [-0.15, -0.1) is 0 Å². The van der Waals surface area contributed by atoms with Crippen molar-refractivity contribution < 1.29 is 8.83 Å². The van der Waals surface area contributed by atoms with Crippen LogP contribution in [0.4, 0.5) is 0 Å². The molecule has 6 aromatic heterocycles. The molecule has 22 aromatic carbocycles. The molecule has 0 atom stereocenters. The number of fused-ring (bicyclic) bond motifs is 22. The second-order valence-electron chi connectivity index (χ2n) is 35.3. The fraction of sp³-hybridized carbons (Fsp3) is 0. The van der Waals surface area contributed by atoms with Crippen LogP contribution in [0.1, 0.15) is 0 Å². The van der Waals surface area contributed by atoms with E-state index < -0.39 is 0 Å². The summed E-state index contributed by atoms with van der Waals surface area (Å²) in [5.74, 6) is 1.37. The van der Waals surface area contributed by atoms with Crippen LogP contribution in [-0.2, 0) is 0 Å². The average molecular weight is 1730 g/mol. The van der Waals surface area contributed by atoms with Crippen LogP contribution in [0.25, 0.3) is 276 Å². The third kappa shape index (κ3) is 13.1. The first-order valence-electron chi connectivity index (χ1n) is 46.3. The normalized spacial score (nSPS) is 11.8. The van der Waals surface area contributed by atoms with Gasteiger partial charge in [-0.3, -0.25) is 0 Å². The summed E-state index contributed by atoms with van der Waals surface area (Å²) < 4.78 is 17.6. The highest BCUT2D eigenvalue weighted by Crippen LogP contribution is 2.49. The number of hydrogen-bond acceptors (Lipinski definition) is 6. The number of rotatable bonds is 12. The molecule has 0 amide bonds. The number of benzene rings is 22. The molecule has 0 N–H and O–H groups in total. The lowest BCUT2D eigenvalue weighted by molar-refractivity contribution is 0.668. The van der Waals surface area contributed by atoms with E-state index in [0.717, 1.165) is 166 Å². The van der Waals surface area contributed by atoms with Crippen LogP contribution < -0.4 is 0 Å². The summed E-state index contributed by atoms with van der Waals surface area (Å²) in [5, 5.41) is 21.3. The minimum atomic E-state index is 0.687. The quantitative estimate of drug-likeness (QED) is 0.121. The van der Waals surface area contributed by atoms with Crippen molar-refractivity contribution in [3.05, 3.63) is 473 Å². The number of para-hydroxylation sites is 4. The van der Waals surface area contributed by atoms with Crippen LogP contribution in [0.15, 0.2) is 482 Å². The van der Waals surface area contributed by atoms with Crippen LogP contribution in [-0.4, -0.2) is 29.1 Å². The van der Waals surface area contributed by atoms with E-state index in [4.69, 9.17) is 28.8 Å². The van der Waals surface area contributed by atoms with E-state index in [0.29, 0.717) is 11.6 Å². The maximum Gasteiger partial charge on any atom is 0.160 e. The fourth-order valence-corrected chi connectivity index (χ4v) is 21.1. The van der Waals surface area contributed by atoms with E-state index in [-0.39, 0.29) is 0 Å². The van der Waals surface area contributed by atoms with E-state index in [1.165, 1.54) is 98.0 Å². The first kappa shape index (κ1) is 77.7. The molecule has 0 fully saturated rings. The van der Waals surface area contributed by atoms with E-state index in [1.807, 2.05) is 30.3 Å². The number of hydrogen-bond donors (Lipinski definition) is 0. The molecule has 136 heavy (non-hydrogen) atoms. The zero-order valence-electron chi connectivity index (χ0n) is 73.5. The van der Waals surface area contributed by atoms with Crippen LogP contribution in [0.5, 0.6) is 0 Å². The van der Waals surface area contributed by atoms with Crippen LogP contribution in [0.3, 0.4) is 0 Å². The molecule has 28 rings (SSSR count). The summed E-state index contributed by atoms with van der Waals surface area (Å²) >= 11 is 0. The zero-order chi connectivity index (χ0) is 89.4. The molecule has 0 saturated heterocycles. The van der Waals surface area contributed by atoms with Crippen molar-refractivity contribution >= 4 is 152 Å². The fourth-order valence-electron chi connectivity index (χ4n) is 21.1. The molecule has 6 heterocycles. The van der Waals surface area contributed by atoms with Crippen LogP contribution >= 0.6 is 0 Å². The number of aromatic nitrogens is 6. The Kier molecular flexibility index (Phi) is 18.2. The van der Waals surface area contributed by atoms with Gasteiger partial charge in [-0.25, -0.2) is 19.9 Å². The zero-order valence-corrected chi connectivity index (χ0v) is 73.5. The first-order chi connectivity index (χ1) is 67.4. The molecule has 0 unspecified atom stereocenters. The monoisotopic (exact) mass is 1730 g/mol. The van der Waals surface area contributed by atoms with Crippen molar-refractivity contribution in [2.24, 2.45) is 0 Å². The smallest absolute Gasteiger partial charge is 0.160 e. The highest BCUT2D eigenvalue weighted by molar-refractivity contribution is 6.32. The Balaban J connectivity index is 0.000000138. The summed E-state index contributed by atoms with van der Waals surface area (Å²) in [6.45, 7) is 0. The van der Waals surface area contributed by atoms with Crippen molar-refractivity contribution in [1.29, 1.82) is 0 Å². The first-order valence-corrected chi connectivity index (χ1v) is 46.3. The summed E-state index contributed by atoms with van der Waals surface area (Å²) in [5.41, 5.74) is 32.0. The minimum Gasteiger partial charge on any atom is -0.456 e. The average Bonchev–Trinajstić information content (AvgIpc) is 1.54. The SMILES string of the molecule is c1ccc(-c2ccc(-c3ccc(-c4nc(-c5ccc(-n6c7ccc8ccccc8c7c7c8ccccc8c(-c8ccc9c(c8)oc8ccccc89)cc76)cc5)nc5ccccc45)cc3)cc2)cc1.c1ccc(-c2ccc(-c3cccc(-c4nc(-c5ccc(-n6c7ccc8ccccc8c7c7c8ccccc8c(-c8ccc9oc%10ccccc%10c9c8)cc76)cc5)nc5ccccc45)c3)cc2)cc1. The molecular formula is C128H78N6O2. The van der Waals surface area contributed by atoms with Crippen molar-refractivity contribution in [2.75, 3.05) is 0 Å². The highest BCUT2D eigenvalue weighted by Gasteiger charge is 2.26. The van der Waals surface area contributed by atoms with Gasteiger partial charge in [0.2, 0.25) is 0 Å². The minimum absolute atomic E-state index is 0.687. The Morgan fingerprint density at radius 2 is 0.493 bits per heavy atom. The molecule has 28 aromatic rings. The predicted octanol–water partition coefficient (Wildman–Crippen LogP) is 34.5. The van der Waals surface area contributed by atoms with E-state index in [9.17, 15) is 0 Å². The molecule has 0 saturated carbocycles. The second-order valence-corrected chi connectivity index (χ2v) is 35.3. The van der Waals surface area contributed by atoms with Gasteiger partial charge in [-0.05, 0) is 237 Å². The van der Waals surface area contributed by atoms with Crippen LogP contribution in [0, 0.1) is 0 Å². The molecule has 0 spiro atoms. The van der Waals surface area contributed by atoms with Crippen molar-refractivity contribution in [1.82, 2.24) is 29.1 Å². The largest absolute Gasteiger partial charge is 0.456 e. The lowest BCUT2D eigenvalue weighted by atomic mass is 9.93. The topological polar surface area (TPSA) is 87.7 Å². The molecule has 0 bridgehead atoms. The van der Waals surface area contributed by atoms with Crippen molar-refractivity contribution in [2.45, 2.75) is 0 Å². The Morgan fingerprint density at radius 1 is 0.162 bits per heavy atom. The van der Waals surface area contributed by atoms with E-state index >= 15 is 0 Å². The van der Waals surface area contributed by atoms with Gasteiger partial charge in [0, 0.05) is 87.5 Å². The van der Waals surface area contributed by atoms with Gasteiger partial charge in [0.25, 0.3) is 0 Å². The van der Waals surface area contributed by atoms with Crippen molar-refractivity contribution in [3.8, 4) is 123 Å². The lowest BCUT2D eigenvalue weighted by Gasteiger charge is -2.13. The molecule has 0 aliphatic rings. The predicted molar refractivity (Wildman–Crippen MR) is 567 cm³/mol. The third-order valence-corrected chi connectivity index (χ3v) is 27.6. The highest BCUT2D eigenvalue weighted by atomic mass is 16.3. The maximum atomic E-state index is 6.43. The molecule has 0 aliphatic heterocycles. The van der Waals surface area contributed by atoms with Gasteiger partial charge in [-0.2, -0.15) is 0 Å². The summed E-state index contributed by atoms with van der Waals surface area (Å²) in [7, 11) is 0. The van der Waals surface area contributed by atoms with Gasteiger partial charge in [0.05, 0.1) is 44.5 Å². The second kappa shape index (κ2) is 31.8. The standard InChI is InChI=1S/2C64H39N3O/c1-2-13-40(14-3-1)41-25-27-42(28-26-41)45-16-12-17-47(37-45)63-53-22-8-10-23-56(53)65-64(66-63)44-29-33-48(34-30-44)67-57-35-31-43-15-4-5-18-49(43)61(57)62-52-21-7-6-19-50(52)54(39-58(62)67)46-32-36-60-55(38-46)51-20-9-11-24-59(51)68-60;1-2-12-40(13-3-1)41-22-24-42(25-23-41)43-26-28-45(29-27-43)63-54-19-8-10-20-56(54)65-64(66-63)46-30-34-48(35-31-46)67-57-37-33-44-14-4-5-15-49(44)61(57)62-53-18-7-6-16-50(53)55(39-58(62)67)47-32-36-52-51-17-9-11-21-59(51)68-60(52)38-47/h2*1-39H. The summed E-state index contributed by atoms with van der Waals surface area (Å²) in [6, 6.07) is 169. The molecular weight excluding hydrogens is 1650 g/mol. The Bertz CT molecular complexity index is 9700. The molecule has 8 nitrogen and oxygen atoms in total. The summed E-state index contributed by atoms with van der Waals surface area (Å²) in [6.07, 6.45) is 0. The van der Waals surface area contributed by atoms with Gasteiger partial charge in [0.1, 0.15) is 22.3 Å². The molecule has 0 radical (unpaired) electrons. The van der Waals surface area contributed by atoms with E-state index in [2.05, 4.69) is 452 Å². The number of furan rings is 2. The lowest BCUT2D eigenvalue weighted by Crippen LogP contribution is -1.97. The Hall–Kier alpha value is -18.2.